The van der Waals surface area contributed by atoms with Gasteiger partial charge in [0.05, 0.1) is 18.9 Å². The molecule has 1 aromatic heterocycles. The molecule has 3 N–H and O–H groups in total. The van der Waals surface area contributed by atoms with Crippen molar-refractivity contribution >= 4 is 29.4 Å². The van der Waals surface area contributed by atoms with Crippen LogP contribution in [0.25, 0.3) is 17.0 Å². The largest absolute Gasteiger partial charge is 0.404 e. The first kappa shape index (κ1) is 18.4. The molecule has 136 valence electrons. The van der Waals surface area contributed by atoms with Crippen LogP contribution in [0.2, 0.25) is 0 Å². The SMILES string of the molecule is CSCc1cc(N2CCOCC2)nc(-c2cccc(/C(C=N)=C/N)c2)n1. The number of allylic oxidation sites excluding steroid dienone is 1. The molecule has 0 amide bonds. The number of thioether (sulfide) groups is 1. The second kappa shape index (κ2) is 8.82. The lowest BCUT2D eigenvalue weighted by Crippen LogP contribution is -2.37. The van der Waals surface area contributed by atoms with E-state index >= 15 is 0 Å². The van der Waals surface area contributed by atoms with Crippen LogP contribution in [0.3, 0.4) is 0 Å². The Morgan fingerprint density at radius 2 is 2.12 bits per heavy atom. The molecule has 1 fully saturated rings. The number of benzene rings is 1. The lowest BCUT2D eigenvalue weighted by molar-refractivity contribution is 0.122. The maximum Gasteiger partial charge on any atom is 0.161 e. The van der Waals surface area contributed by atoms with Gasteiger partial charge in [0.25, 0.3) is 0 Å². The number of nitrogens with zero attached hydrogens (tertiary/aromatic N) is 3. The van der Waals surface area contributed by atoms with E-state index in [2.05, 4.69) is 17.2 Å². The molecule has 2 heterocycles. The van der Waals surface area contributed by atoms with Crippen LogP contribution in [-0.4, -0.2) is 48.7 Å². The molecule has 0 unspecified atom stereocenters. The molecule has 1 aromatic carbocycles. The number of hydrogen-bond acceptors (Lipinski definition) is 7. The van der Waals surface area contributed by atoms with Crippen LogP contribution < -0.4 is 10.6 Å². The third-order valence-electron chi connectivity index (χ3n) is 4.18. The number of aromatic nitrogens is 2. The Hall–Kier alpha value is -2.38. The zero-order valence-corrected chi connectivity index (χ0v) is 15.6. The minimum atomic E-state index is 0.667. The Bertz CT molecular complexity index is 802. The van der Waals surface area contributed by atoms with Gasteiger partial charge in [-0.2, -0.15) is 11.8 Å². The smallest absolute Gasteiger partial charge is 0.161 e. The summed E-state index contributed by atoms with van der Waals surface area (Å²) in [5, 5.41) is 7.50. The van der Waals surface area contributed by atoms with E-state index in [4.69, 9.17) is 25.8 Å². The fraction of sp³-hybridized carbons (Fsp3) is 0.316. The summed E-state index contributed by atoms with van der Waals surface area (Å²) in [5.74, 6) is 2.47. The van der Waals surface area contributed by atoms with Crippen LogP contribution >= 0.6 is 11.8 Å². The van der Waals surface area contributed by atoms with Crippen LogP contribution in [-0.2, 0) is 10.5 Å². The third kappa shape index (κ3) is 4.23. The highest BCUT2D eigenvalue weighted by Crippen LogP contribution is 2.25. The van der Waals surface area contributed by atoms with Crippen LogP contribution in [0.1, 0.15) is 11.3 Å². The number of ether oxygens (including phenoxy) is 1. The van der Waals surface area contributed by atoms with E-state index in [1.807, 2.05) is 24.3 Å². The average Bonchev–Trinajstić information content (AvgIpc) is 2.70. The van der Waals surface area contributed by atoms with E-state index in [0.29, 0.717) is 11.4 Å². The monoisotopic (exact) mass is 369 g/mol. The zero-order valence-electron chi connectivity index (χ0n) is 14.8. The number of hydrogen-bond donors (Lipinski definition) is 2. The summed E-state index contributed by atoms with van der Waals surface area (Å²) in [5.41, 5.74) is 9.10. The predicted molar refractivity (Wildman–Crippen MR) is 109 cm³/mol. The molecule has 0 aliphatic carbocycles. The molecule has 6 nitrogen and oxygen atoms in total. The quantitative estimate of drug-likeness (QED) is 0.761. The first-order valence-electron chi connectivity index (χ1n) is 8.48. The maximum atomic E-state index is 7.50. The number of anilines is 1. The zero-order chi connectivity index (χ0) is 18.4. The second-order valence-corrected chi connectivity index (χ2v) is 6.79. The van der Waals surface area contributed by atoms with Crippen molar-refractivity contribution in [1.82, 2.24) is 9.97 Å². The van der Waals surface area contributed by atoms with E-state index < -0.39 is 0 Å². The van der Waals surface area contributed by atoms with Gasteiger partial charge in [0, 0.05) is 48.5 Å². The van der Waals surface area contributed by atoms with Crippen molar-refractivity contribution in [2.75, 3.05) is 37.5 Å². The van der Waals surface area contributed by atoms with E-state index in [-0.39, 0.29) is 0 Å². The molecular weight excluding hydrogens is 346 g/mol. The van der Waals surface area contributed by atoms with Gasteiger partial charge in [-0.15, -0.1) is 0 Å². The van der Waals surface area contributed by atoms with Gasteiger partial charge >= 0.3 is 0 Å². The molecule has 0 atom stereocenters. The Balaban J connectivity index is 2.02. The van der Waals surface area contributed by atoms with Crippen molar-refractivity contribution in [2.45, 2.75) is 5.75 Å². The van der Waals surface area contributed by atoms with Gasteiger partial charge in [-0.05, 0) is 17.9 Å². The summed E-state index contributed by atoms with van der Waals surface area (Å²) in [7, 11) is 0. The van der Waals surface area contributed by atoms with Gasteiger partial charge in [-0.1, -0.05) is 18.2 Å². The number of nitrogens with one attached hydrogen (secondary N) is 1. The van der Waals surface area contributed by atoms with Crippen LogP contribution in [0, 0.1) is 5.41 Å². The Morgan fingerprint density at radius 1 is 1.31 bits per heavy atom. The molecule has 0 saturated carbocycles. The van der Waals surface area contributed by atoms with Gasteiger partial charge in [0.1, 0.15) is 5.82 Å². The van der Waals surface area contributed by atoms with Crippen molar-refractivity contribution in [1.29, 1.82) is 5.41 Å². The highest BCUT2D eigenvalue weighted by atomic mass is 32.2. The summed E-state index contributed by atoms with van der Waals surface area (Å²) < 4.78 is 5.45. The normalized spacial score (nSPS) is 15.1. The molecule has 1 saturated heterocycles. The molecule has 7 heteroatoms. The molecule has 26 heavy (non-hydrogen) atoms. The van der Waals surface area contributed by atoms with Crippen LogP contribution in [0.5, 0.6) is 0 Å². The molecule has 0 spiro atoms. The predicted octanol–water partition coefficient (Wildman–Crippen LogP) is 2.79. The molecule has 2 aromatic rings. The minimum Gasteiger partial charge on any atom is -0.404 e. The van der Waals surface area contributed by atoms with Gasteiger partial charge < -0.3 is 20.8 Å². The summed E-state index contributed by atoms with van der Waals surface area (Å²) in [4.78, 5) is 11.8. The van der Waals surface area contributed by atoms with Crippen molar-refractivity contribution in [3.63, 3.8) is 0 Å². The van der Waals surface area contributed by atoms with Crippen LogP contribution in [0.4, 0.5) is 5.82 Å². The summed E-state index contributed by atoms with van der Waals surface area (Å²) in [6, 6.07) is 9.91. The lowest BCUT2D eigenvalue weighted by atomic mass is 10.0. The Kier molecular flexibility index (Phi) is 6.25. The van der Waals surface area contributed by atoms with Gasteiger partial charge in [0.15, 0.2) is 5.82 Å². The lowest BCUT2D eigenvalue weighted by Gasteiger charge is -2.28. The van der Waals surface area contributed by atoms with Gasteiger partial charge in [-0.3, -0.25) is 0 Å². The number of morpholine rings is 1. The topological polar surface area (TPSA) is 88.1 Å². The molecule has 0 radical (unpaired) electrons. The van der Waals surface area contributed by atoms with Gasteiger partial charge in [-0.25, -0.2) is 9.97 Å². The van der Waals surface area contributed by atoms with Crippen LogP contribution in [0.15, 0.2) is 36.5 Å². The fourth-order valence-corrected chi connectivity index (χ4v) is 3.30. The third-order valence-corrected chi connectivity index (χ3v) is 4.77. The molecule has 3 rings (SSSR count). The first-order chi connectivity index (χ1) is 12.7. The first-order valence-corrected chi connectivity index (χ1v) is 9.87. The fourth-order valence-electron chi connectivity index (χ4n) is 2.85. The van der Waals surface area contributed by atoms with E-state index in [0.717, 1.165) is 54.7 Å². The molecule has 0 bridgehead atoms. The average molecular weight is 369 g/mol. The van der Waals surface area contributed by atoms with Gasteiger partial charge in [0.2, 0.25) is 0 Å². The van der Waals surface area contributed by atoms with Crippen molar-refractivity contribution in [3.05, 3.63) is 47.8 Å². The summed E-state index contributed by atoms with van der Waals surface area (Å²) in [6.07, 6.45) is 4.76. The van der Waals surface area contributed by atoms with Crippen molar-refractivity contribution < 1.29 is 4.74 Å². The Labute approximate surface area is 158 Å². The number of nitrogens with two attached hydrogens (primary N) is 1. The highest BCUT2D eigenvalue weighted by molar-refractivity contribution is 7.97. The van der Waals surface area contributed by atoms with Crippen molar-refractivity contribution in [3.8, 4) is 11.4 Å². The summed E-state index contributed by atoms with van der Waals surface area (Å²) >= 11 is 1.74. The molecule has 1 aliphatic rings. The van der Waals surface area contributed by atoms with E-state index in [1.54, 1.807) is 11.8 Å². The summed E-state index contributed by atoms with van der Waals surface area (Å²) in [6.45, 7) is 3.11. The van der Waals surface area contributed by atoms with Crippen molar-refractivity contribution in [2.24, 2.45) is 5.73 Å². The Morgan fingerprint density at radius 3 is 2.81 bits per heavy atom. The standard InChI is InChI=1S/C19H23N5OS/c1-26-13-17-10-18(24-5-7-25-8-6-24)23-19(22-17)15-4-2-3-14(9-15)16(11-20)12-21/h2-4,9-12,20H,5-8,13,21H2,1H3/b16-12+,20-11?. The second-order valence-electron chi connectivity index (χ2n) is 5.92. The minimum absolute atomic E-state index is 0.667. The van der Waals surface area contributed by atoms with E-state index in [1.165, 1.54) is 12.4 Å². The highest BCUT2D eigenvalue weighted by Gasteiger charge is 2.16. The number of rotatable bonds is 6. The molecular formula is C19H23N5OS. The molecule has 1 aliphatic heterocycles. The van der Waals surface area contributed by atoms with E-state index in [9.17, 15) is 0 Å². The maximum absolute atomic E-state index is 7.50.